The van der Waals surface area contributed by atoms with Gasteiger partial charge in [0.05, 0.1) is 4.90 Å². The molecule has 0 aromatic heterocycles. The normalized spacial score (nSPS) is 15.8. The van der Waals surface area contributed by atoms with E-state index in [4.69, 9.17) is 5.73 Å². The lowest BCUT2D eigenvalue weighted by Gasteiger charge is -2.19. The van der Waals surface area contributed by atoms with Gasteiger partial charge in [0.15, 0.2) is 0 Å². The second kappa shape index (κ2) is 5.75. The van der Waals surface area contributed by atoms with Crippen molar-refractivity contribution >= 4 is 15.9 Å². The van der Waals surface area contributed by atoms with Crippen molar-refractivity contribution in [2.75, 3.05) is 6.54 Å². The summed E-state index contributed by atoms with van der Waals surface area (Å²) < 4.78 is 26.8. The van der Waals surface area contributed by atoms with Gasteiger partial charge in [0.25, 0.3) is 5.91 Å². The Kier molecular flexibility index (Phi) is 4.36. The number of nitrogens with two attached hydrogens (primary N) is 1. The Morgan fingerprint density at radius 1 is 1.38 bits per heavy atom. The van der Waals surface area contributed by atoms with Crippen LogP contribution in [-0.4, -0.2) is 32.5 Å². The summed E-state index contributed by atoms with van der Waals surface area (Å²) in [6.07, 6.45) is 1.73. The van der Waals surface area contributed by atoms with Crippen LogP contribution in [-0.2, 0) is 10.0 Å². The Balaban J connectivity index is 2.11. The first-order valence-electron chi connectivity index (χ1n) is 6.87. The molecule has 0 heterocycles. The summed E-state index contributed by atoms with van der Waals surface area (Å²) >= 11 is 0. The van der Waals surface area contributed by atoms with Gasteiger partial charge in [0.2, 0.25) is 10.0 Å². The summed E-state index contributed by atoms with van der Waals surface area (Å²) in [4.78, 5) is 12.1. The van der Waals surface area contributed by atoms with Gasteiger partial charge in [-0.05, 0) is 44.9 Å². The summed E-state index contributed by atoms with van der Waals surface area (Å²) in [6, 6.07) is 6.03. The van der Waals surface area contributed by atoms with Crippen LogP contribution in [0.1, 0.15) is 37.0 Å². The molecule has 1 aromatic carbocycles. The Labute approximate surface area is 125 Å². The van der Waals surface area contributed by atoms with E-state index < -0.39 is 15.6 Å². The second-order valence-corrected chi connectivity index (χ2v) is 7.81. The fourth-order valence-corrected chi connectivity index (χ4v) is 3.05. The van der Waals surface area contributed by atoms with Gasteiger partial charge in [-0.3, -0.25) is 4.79 Å². The zero-order valence-corrected chi connectivity index (χ0v) is 13.0. The van der Waals surface area contributed by atoms with Crippen molar-refractivity contribution in [3.8, 4) is 0 Å². The highest BCUT2D eigenvalue weighted by Gasteiger charge is 2.28. The molecule has 4 N–H and O–H groups in total. The van der Waals surface area contributed by atoms with Crippen LogP contribution in [0.3, 0.4) is 0 Å². The minimum Gasteiger partial charge on any atom is -0.350 e. The zero-order valence-electron chi connectivity index (χ0n) is 12.2. The van der Waals surface area contributed by atoms with E-state index in [0.717, 1.165) is 12.8 Å². The molecular weight excluding hydrogens is 290 g/mol. The van der Waals surface area contributed by atoms with Crippen molar-refractivity contribution in [3.63, 3.8) is 0 Å². The predicted octanol–water partition coefficient (Wildman–Crippen LogP) is 0.594. The van der Waals surface area contributed by atoms with Crippen molar-refractivity contribution in [1.29, 1.82) is 0 Å². The molecule has 0 saturated heterocycles. The van der Waals surface area contributed by atoms with Crippen LogP contribution in [0.2, 0.25) is 0 Å². The monoisotopic (exact) mass is 311 g/mol. The number of amides is 1. The van der Waals surface area contributed by atoms with Gasteiger partial charge in [0, 0.05) is 23.7 Å². The molecule has 0 radical (unpaired) electrons. The predicted molar refractivity (Wildman–Crippen MR) is 80.4 cm³/mol. The molecule has 1 saturated carbocycles. The quantitative estimate of drug-likeness (QED) is 0.716. The molecular formula is C14H21N3O3S. The molecule has 6 nitrogen and oxygen atoms in total. The molecule has 2 rings (SSSR count). The second-order valence-electron chi connectivity index (χ2n) is 6.09. The Hall–Kier alpha value is -1.44. The fraction of sp³-hybridized carbons (Fsp3) is 0.500. The van der Waals surface area contributed by atoms with Gasteiger partial charge in [-0.25, -0.2) is 13.1 Å². The first-order valence-corrected chi connectivity index (χ1v) is 8.35. The summed E-state index contributed by atoms with van der Waals surface area (Å²) in [5.41, 5.74) is 5.58. The Morgan fingerprint density at radius 2 is 2.05 bits per heavy atom. The van der Waals surface area contributed by atoms with E-state index in [9.17, 15) is 13.2 Å². The van der Waals surface area contributed by atoms with E-state index in [0.29, 0.717) is 12.1 Å². The minimum absolute atomic E-state index is 0.0329. The first-order chi connectivity index (χ1) is 9.67. The molecule has 116 valence electrons. The van der Waals surface area contributed by atoms with E-state index >= 15 is 0 Å². The third kappa shape index (κ3) is 4.80. The van der Waals surface area contributed by atoms with Crippen LogP contribution >= 0.6 is 0 Å². The number of rotatable bonds is 6. The summed E-state index contributed by atoms with van der Waals surface area (Å²) in [7, 11) is -3.55. The third-order valence-corrected chi connectivity index (χ3v) is 4.53. The largest absolute Gasteiger partial charge is 0.350 e. The highest BCUT2D eigenvalue weighted by atomic mass is 32.2. The van der Waals surface area contributed by atoms with Crippen molar-refractivity contribution in [2.24, 2.45) is 5.73 Å². The van der Waals surface area contributed by atoms with E-state index in [1.54, 1.807) is 26.0 Å². The van der Waals surface area contributed by atoms with E-state index in [2.05, 4.69) is 10.0 Å². The standard InChI is InChI=1S/C14H21N3O3S/c1-14(2,15)9-16-13(18)10-4-3-5-12(8-10)21(19,20)17-11-6-7-11/h3-5,8,11,17H,6-7,9,15H2,1-2H3,(H,16,18). The highest BCUT2D eigenvalue weighted by molar-refractivity contribution is 7.89. The molecule has 1 fully saturated rings. The number of nitrogens with one attached hydrogen (secondary N) is 2. The fourth-order valence-electron chi connectivity index (χ4n) is 1.70. The van der Waals surface area contributed by atoms with Crippen LogP contribution in [0.4, 0.5) is 0 Å². The van der Waals surface area contributed by atoms with Crippen LogP contribution in [0.5, 0.6) is 0 Å². The number of carbonyl (C=O) groups is 1. The maximum atomic E-state index is 12.1. The summed E-state index contributed by atoms with van der Waals surface area (Å²) in [5, 5.41) is 2.69. The molecule has 1 amide bonds. The molecule has 7 heteroatoms. The number of sulfonamides is 1. The number of benzene rings is 1. The van der Waals surface area contributed by atoms with Crippen molar-refractivity contribution in [2.45, 2.75) is 43.2 Å². The van der Waals surface area contributed by atoms with Gasteiger partial charge in [0.1, 0.15) is 0 Å². The molecule has 0 atom stereocenters. The summed E-state index contributed by atoms with van der Waals surface area (Å²) in [5.74, 6) is -0.336. The van der Waals surface area contributed by atoms with Crippen LogP contribution in [0, 0.1) is 0 Å². The lowest BCUT2D eigenvalue weighted by molar-refractivity contribution is 0.0946. The number of hydrogen-bond acceptors (Lipinski definition) is 4. The van der Waals surface area contributed by atoms with E-state index in [1.807, 2.05) is 0 Å². The molecule has 1 aromatic rings. The SMILES string of the molecule is CC(C)(N)CNC(=O)c1cccc(S(=O)(=O)NC2CC2)c1. The van der Waals surface area contributed by atoms with Crippen LogP contribution < -0.4 is 15.8 Å². The highest BCUT2D eigenvalue weighted by Crippen LogP contribution is 2.22. The molecule has 0 bridgehead atoms. The first kappa shape index (κ1) is 15.9. The lowest BCUT2D eigenvalue weighted by Crippen LogP contribution is -2.45. The summed E-state index contributed by atoms with van der Waals surface area (Å²) in [6.45, 7) is 3.91. The molecule has 21 heavy (non-hydrogen) atoms. The van der Waals surface area contributed by atoms with Gasteiger partial charge < -0.3 is 11.1 Å². The average Bonchev–Trinajstić information content (AvgIpc) is 3.18. The van der Waals surface area contributed by atoms with Crippen molar-refractivity contribution in [1.82, 2.24) is 10.0 Å². The molecule has 0 unspecified atom stereocenters. The van der Waals surface area contributed by atoms with Gasteiger partial charge in [-0.2, -0.15) is 0 Å². The van der Waals surface area contributed by atoms with E-state index in [-0.39, 0.29) is 16.8 Å². The van der Waals surface area contributed by atoms with Gasteiger partial charge >= 0.3 is 0 Å². The maximum absolute atomic E-state index is 12.1. The topological polar surface area (TPSA) is 101 Å². The Morgan fingerprint density at radius 3 is 2.62 bits per heavy atom. The molecule has 0 aliphatic heterocycles. The Bertz CT molecular complexity index is 631. The maximum Gasteiger partial charge on any atom is 0.251 e. The number of hydrogen-bond donors (Lipinski definition) is 3. The smallest absolute Gasteiger partial charge is 0.251 e. The van der Waals surface area contributed by atoms with E-state index in [1.165, 1.54) is 12.1 Å². The third-order valence-electron chi connectivity index (χ3n) is 3.01. The lowest BCUT2D eigenvalue weighted by atomic mass is 10.1. The van der Waals surface area contributed by atoms with Crippen LogP contribution in [0.25, 0.3) is 0 Å². The minimum atomic E-state index is -3.55. The molecule has 1 aliphatic carbocycles. The van der Waals surface area contributed by atoms with Gasteiger partial charge in [-0.15, -0.1) is 0 Å². The van der Waals surface area contributed by atoms with Gasteiger partial charge in [-0.1, -0.05) is 6.07 Å². The molecule has 0 spiro atoms. The zero-order chi connectivity index (χ0) is 15.7. The average molecular weight is 311 g/mol. The van der Waals surface area contributed by atoms with Crippen molar-refractivity contribution in [3.05, 3.63) is 29.8 Å². The van der Waals surface area contributed by atoms with Crippen molar-refractivity contribution < 1.29 is 13.2 Å². The molecule has 1 aliphatic rings. The number of carbonyl (C=O) groups excluding carboxylic acids is 1. The van der Waals surface area contributed by atoms with Crippen LogP contribution in [0.15, 0.2) is 29.2 Å².